The van der Waals surface area contributed by atoms with E-state index in [0.717, 1.165) is 5.56 Å². The number of hydrogen-bond acceptors (Lipinski definition) is 7. The van der Waals surface area contributed by atoms with E-state index in [1.807, 2.05) is 55.1 Å². The minimum Gasteiger partial charge on any atom is -0.495 e. The molecule has 1 heterocycles. The lowest BCUT2D eigenvalue weighted by atomic mass is 10.1. The summed E-state index contributed by atoms with van der Waals surface area (Å²) in [5.41, 5.74) is 2.82. The van der Waals surface area contributed by atoms with E-state index in [1.165, 1.54) is 16.9 Å². The Bertz CT molecular complexity index is 1050. The van der Waals surface area contributed by atoms with E-state index in [-0.39, 0.29) is 18.4 Å². The lowest BCUT2D eigenvalue weighted by molar-refractivity contribution is -0.117. The maximum atomic E-state index is 12.5. The summed E-state index contributed by atoms with van der Waals surface area (Å²) in [7, 11) is 1.56. The number of aromatic nitrogens is 2. The van der Waals surface area contributed by atoms with Crippen LogP contribution in [0.5, 0.6) is 5.75 Å². The van der Waals surface area contributed by atoms with Gasteiger partial charge in [-0.25, -0.2) is 0 Å². The number of nitrogens with one attached hydrogen (secondary N) is 2. The number of anilines is 1. The second-order valence-electron chi connectivity index (χ2n) is 7.22. The first kappa shape index (κ1) is 23.4. The maximum Gasteiger partial charge on any atom is 0.282 e. The third-order valence-electron chi connectivity index (χ3n) is 4.79. The first-order valence-electron chi connectivity index (χ1n) is 10.3. The van der Waals surface area contributed by atoms with E-state index in [2.05, 4.69) is 20.8 Å². The predicted molar refractivity (Wildman–Crippen MR) is 125 cm³/mol. The third-order valence-corrected chi connectivity index (χ3v) is 5.70. The van der Waals surface area contributed by atoms with Gasteiger partial charge in [0, 0.05) is 6.54 Å². The quantitative estimate of drug-likeness (QED) is 0.489. The van der Waals surface area contributed by atoms with E-state index in [1.54, 1.807) is 19.2 Å². The topological polar surface area (TPSA) is 96.5 Å². The SMILES string of the molecule is CCN(CC(=O)Nc1ccccc1OC)Cc1nnc(C(=O)NCc2ccc(C)cc2)s1. The normalized spacial score (nSPS) is 10.8. The number of amides is 2. The van der Waals surface area contributed by atoms with Gasteiger partial charge in [-0.2, -0.15) is 0 Å². The molecule has 0 aliphatic heterocycles. The van der Waals surface area contributed by atoms with Crippen LogP contribution in [0.25, 0.3) is 0 Å². The number of ether oxygens (including phenoxy) is 1. The molecule has 3 rings (SSSR count). The number of nitrogens with zero attached hydrogens (tertiary/aromatic N) is 3. The Kier molecular flexibility index (Phi) is 8.29. The van der Waals surface area contributed by atoms with Gasteiger partial charge in [-0.1, -0.05) is 60.2 Å². The molecule has 0 unspecified atom stereocenters. The highest BCUT2D eigenvalue weighted by molar-refractivity contribution is 7.13. The summed E-state index contributed by atoms with van der Waals surface area (Å²) in [5, 5.41) is 14.9. The van der Waals surface area contributed by atoms with Crippen molar-refractivity contribution < 1.29 is 14.3 Å². The Morgan fingerprint density at radius 2 is 1.84 bits per heavy atom. The molecule has 9 heteroatoms. The molecule has 0 atom stereocenters. The summed E-state index contributed by atoms with van der Waals surface area (Å²) in [4.78, 5) is 26.8. The molecule has 0 fully saturated rings. The zero-order valence-electron chi connectivity index (χ0n) is 18.4. The fraction of sp³-hybridized carbons (Fsp3) is 0.304. The van der Waals surface area contributed by atoms with Crippen LogP contribution < -0.4 is 15.4 Å². The number of para-hydroxylation sites is 2. The van der Waals surface area contributed by atoms with Gasteiger partial charge in [0.25, 0.3) is 5.91 Å². The molecular formula is C23H27N5O3S. The number of carbonyl (C=O) groups is 2. The first-order valence-corrected chi connectivity index (χ1v) is 11.1. The van der Waals surface area contributed by atoms with Gasteiger partial charge in [0.2, 0.25) is 10.9 Å². The molecule has 8 nitrogen and oxygen atoms in total. The zero-order valence-corrected chi connectivity index (χ0v) is 19.2. The fourth-order valence-electron chi connectivity index (χ4n) is 2.98. The smallest absolute Gasteiger partial charge is 0.282 e. The molecule has 0 spiro atoms. The third kappa shape index (κ3) is 6.60. The second-order valence-corrected chi connectivity index (χ2v) is 8.28. The highest BCUT2D eigenvalue weighted by atomic mass is 32.1. The van der Waals surface area contributed by atoms with Gasteiger partial charge in [0.15, 0.2) is 0 Å². The van der Waals surface area contributed by atoms with Gasteiger partial charge in [-0.15, -0.1) is 10.2 Å². The van der Waals surface area contributed by atoms with Gasteiger partial charge in [-0.3, -0.25) is 14.5 Å². The van der Waals surface area contributed by atoms with Gasteiger partial charge < -0.3 is 15.4 Å². The summed E-state index contributed by atoms with van der Waals surface area (Å²) in [6, 6.07) is 15.2. The lowest BCUT2D eigenvalue weighted by Gasteiger charge is -2.18. The lowest BCUT2D eigenvalue weighted by Crippen LogP contribution is -2.32. The van der Waals surface area contributed by atoms with E-state index in [4.69, 9.17) is 4.74 Å². The van der Waals surface area contributed by atoms with Gasteiger partial charge in [-0.05, 0) is 31.2 Å². The minimum absolute atomic E-state index is 0.156. The monoisotopic (exact) mass is 453 g/mol. The Morgan fingerprint density at radius 3 is 2.56 bits per heavy atom. The van der Waals surface area contributed by atoms with E-state index < -0.39 is 0 Å². The van der Waals surface area contributed by atoms with Crippen LogP contribution in [0.3, 0.4) is 0 Å². The van der Waals surface area contributed by atoms with Crippen LogP contribution in [0, 0.1) is 6.92 Å². The molecule has 1 aromatic heterocycles. The molecule has 0 aliphatic carbocycles. The number of rotatable bonds is 10. The van der Waals surface area contributed by atoms with Crippen molar-refractivity contribution in [3.8, 4) is 5.75 Å². The minimum atomic E-state index is -0.258. The van der Waals surface area contributed by atoms with Crippen molar-refractivity contribution in [3.05, 3.63) is 69.7 Å². The summed E-state index contributed by atoms with van der Waals surface area (Å²) in [6.07, 6.45) is 0. The van der Waals surface area contributed by atoms with Crippen LogP contribution in [0.2, 0.25) is 0 Å². The van der Waals surface area contributed by atoms with Gasteiger partial charge >= 0.3 is 0 Å². The molecule has 3 aromatic rings. The van der Waals surface area contributed by atoms with Crippen molar-refractivity contribution in [2.75, 3.05) is 25.5 Å². The van der Waals surface area contributed by atoms with Crippen molar-refractivity contribution in [3.63, 3.8) is 0 Å². The van der Waals surface area contributed by atoms with E-state index in [9.17, 15) is 9.59 Å². The van der Waals surface area contributed by atoms with Crippen molar-refractivity contribution in [2.24, 2.45) is 0 Å². The summed E-state index contributed by atoms with van der Waals surface area (Å²) >= 11 is 1.23. The van der Waals surface area contributed by atoms with E-state index in [0.29, 0.717) is 41.1 Å². The maximum absolute atomic E-state index is 12.5. The van der Waals surface area contributed by atoms with Crippen LogP contribution in [-0.2, 0) is 17.9 Å². The zero-order chi connectivity index (χ0) is 22.9. The molecule has 2 aromatic carbocycles. The average Bonchev–Trinajstić information content (AvgIpc) is 3.27. The van der Waals surface area contributed by atoms with Crippen molar-refractivity contribution in [1.29, 1.82) is 0 Å². The fourth-order valence-corrected chi connectivity index (χ4v) is 3.78. The van der Waals surface area contributed by atoms with E-state index >= 15 is 0 Å². The molecule has 0 saturated carbocycles. The Morgan fingerprint density at radius 1 is 1.09 bits per heavy atom. The molecule has 168 valence electrons. The number of hydrogen-bond donors (Lipinski definition) is 2. The van der Waals surface area contributed by atoms with Crippen LogP contribution in [-0.4, -0.2) is 47.1 Å². The molecule has 0 saturated heterocycles. The van der Waals surface area contributed by atoms with Gasteiger partial charge in [0.1, 0.15) is 10.8 Å². The molecular weight excluding hydrogens is 426 g/mol. The molecule has 32 heavy (non-hydrogen) atoms. The Balaban J connectivity index is 1.52. The van der Waals surface area contributed by atoms with Crippen molar-refractivity contribution >= 4 is 28.8 Å². The number of carbonyl (C=O) groups excluding carboxylic acids is 2. The molecule has 2 N–H and O–H groups in total. The number of aryl methyl sites for hydroxylation is 1. The number of likely N-dealkylation sites (N-methyl/N-ethyl adjacent to an activating group) is 1. The molecule has 0 aliphatic rings. The number of benzene rings is 2. The van der Waals surface area contributed by atoms with Crippen LogP contribution >= 0.6 is 11.3 Å². The predicted octanol–water partition coefficient (Wildman–Crippen LogP) is 3.25. The molecule has 0 bridgehead atoms. The summed E-state index contributed by atoms with van der Waals surface area (Å²) in [5.74, 6) is 0.192. The Hall–Kier alpha value is -3.30. The highest BCUT2D eigenvalue weighted by Crippen LogP contribution is 2.23. The van der Waals surface area contributed by atoms with Crippen LogP contribution in [0.4, 0.5) is 5.69 Å². The average molecular weight is 454 g/mol. The first-order chi connectivity index (χ1) is 15.5. The largest absolute Gasteiger partial charge is 0.495 e. The Labute approximate surface area is 191 Å². The standard InChI is InChI=1S/C23H27N5O3S/c1-4-28(14-20(29)25-18-7-5-6-8-19(18)31-3)15-21-26-27-23(32-21)22(30)24-13-17-11-9-16(2)10-12-17/h5-12H,4,13-15H2,1-3H3,(H,24,30)(H,25,29). The van der Waals surface area contributed by atoms with Gasteiger partial charge in [0.05, 0.1) is 25.9 Å². The van der Waals surface area contributed by atoms with Crippen LogP contribution in [0.1, 0.15) is 32.9 Å². The molecule has 2 amide bonds. The number of methoxy groups -OCH3 is 1. The summed E-state index contributed by atoms with van der Waals surface area (Å²) in [6.45, 7) is 5.67. The second kappa shape index (κ2) is 11.4. The van der Waals surface area contributed by atoms with Crippen LogP contribution in [0.15, 0.2) is 48.5 Å². The van der Waals surface area contributed by atoms with Crippen molar-refractivity contribution in [1.82, 2.24) is 20.4 Å². The molecule has 0 radical (unpaired) electrons. The summed E-state index contributed by atoms with van der Waals surface area (Å²) < 4.78 is 5.27. The van der Waals surface area contributed by atoms with Crippen molar-refractivity contribution in [2.45, 2.75) is 26.9 Å². The highest BCUT2D eigenvalue weighted by Gasteiger charge is 2.17.